The van der Waals surface area contributed by atoms with E-state index < -0.39 is 32.5 Å². The quantitative estimate of drug-likeness (QED) is 0.0156. The minimum atomic E-state index is -4.79. The third-order valence-electron chi connectivity index (χ3n) is 10.2. The Morgan fingerprint density at radius 2 is 0.875 bits per heavy atom. The van der Waals surface area contributed by atoms with Crippen LogP contribution < -0.4 is 0 Å². The zero-order valence-electron chi connectivity index (χ0n) is 36.3. The molecule has 9 heteroatoms. The molecule has 0 aliphatic carbocycles. The molecule has 1 atom stereocenters. The van der Waals surface area contributed by atoms with E-state index in [0.29, 0.717) is 6.42 Å². The van der Waals surface area contributed by atoms with Crippen LogP contribution in [0.1, 0.15) is 232 Å². The minimum absolute atomic E-state index is 0.202. The first-order valence-electron chi connectivity index (χ1n) is 23.3. The predicted molar refractivity (Wildman–Crippen MR) is 235 cm³/mol. The summed E-state index contributed by atoms with van der Waals surface area (Å²) >= 11 is 0. The van der Waals surface area contributed by atoms with E-state index in [0.717, 1.165) is 25.7 Å². The molecular formula is C47H87O8P. The Morgan fingerprint density at radius 3 is 1.29 bits per heavy atom. The van der Waals surface area contributed by atoms with E-state index >= 15 is 0 Å². The van der Waals surface area contributed by atoms with Gasteiger partial charge in [0, 0.05) is 12.5 Å². The van der Waals surface area contributed by atoms with E-state index in [9.17, 15) is 14.2 Å². The number of carbonyl (C=O) groups is 2. The molecule has 0 spiro atoms. The number of phosphoric ester groups is 1. The molecule has 328 valence electrons. The van der Waals surface area contributed by atoms with E-state index in [2.05, 4.69) is 30.5 Å². The van der Waals surface area contributed by atoms with Crippen molar-refractivity contribution in [1.29, 1.82) is 0 Å². The largest absolute Gasteiger partial charge is 0.469 e. The fraction of sp³-hybridized carbons (Fsp3) is 0.830. The maximum atomic E-state index is 12.3. The van der Waals surface area contributed by atoms with Gasteiger partial charge in [0.15, 0.2) is 6.10 Å². The van der Waals surface area contributed by atoms with Crippen molar-refractivity contribution < 1.29 is 37.9 Å². The standard InChI is InChI=1S/C47H87O8P/c1-3-5-7-9-11-13-15-17-19-20-21-22-23-24-25-26-28-29-31-33-35-37-39-41-46(48)53-43-45(44-54-56(50,51)52)55-47(49)42-40-38-36-34-32-30-27-18-16-14-12-10-8-6-4-2/h33,35-36,38,40,42,45H,3-32,34,37,39,41,43-44H2,1-2H3,(H2,50,51,52)/b35-33+,38-36+,42-40+/t45-/m1/s1. The van der Waals surface area contributed by atoms with Crippen LogP contribution in [0.2, 0.25) is 0 Å². The number of phosphoric acid groups is 1. The summed E-state index contributed by atoms with van der Waals surface area (Å²) < 4.78 is 26.2. The molecule has 0 fully saturated rings. The van der Waals surface area contributed by atoms with Crippen LogP contribution in [-0.2, 0) is 28.2 Å². The third-order valence-corrected chi connectivity index (χ3v) is 10.7. The Bertz CT molecular complexity index is 1000. The van der Waals surface area contributed by atoms with Gasteiger partial charge in [0.1, 0.15) is 6.61 Å². The number of unbranched alkanes of at least 4 members (excludes halogenated alkanes) is 30. The summed E-state index contributed by atoms with van der Waals surface area (Å²) in [5, 5.41) is 0. The highest BCUT2D eigenvalue weighted by molar-refractivity contribution is 7.46. The molecule has 0 saturated carbocycles. The van der Waals surface area contributed by atoms with Gasteiger partial charge in [0.05, 0.1) is 6.61 Å². The Kier molecular flexibility index (Phi) is 41.5. The summed E-state index contributed by atoms with van der Waals surface area (Å²) in [4.78, 5) is 42.7. The fourth-order valence-corrected chi connectivity index (χ4v) is 7.12. The van der Waals surface area contributed by atoms with Gasteiger partial charge in [-0.2, -0.15) is 0 Å². The number of ether oxygens (including phenoxy) is 2. The lowest BCUT2D eigenvalue weighted by atomic mass is 10.0. The molecule has 56 heavy (non-hydrogen) atoms. The average molecular weight is 811 g/mol. The molecule has 0 heterocycles. The van der Waals surface area contributed by atoms with Crippen LogP contribution in [0.4, 0.5) is 0 Å². The molecular weight excluding hydrogens is 723 g/mol. The van der Waals surface area contributed by atoms with Crippen molar-refractivity contribution in [2.24, 2.45) is 0 Å². The van der Waals surface area contributed by atoms with Crippen LogP contribution in [0.15, 0.2) is 36.5 Å². The van der Waals surface area contributed by atoms with Gasteiger partial charge in [-0.15, -0.1) is 0 Å². The van der Waals surface area contributed by atoms with Gasteiger partial charge in [0.2, 0.25) is 0 Å². The second-order valence-electron chi connectivity index (χ2n) is 15.8. The second-order valence-corrected chi connectivity index (χ2v) is 17.0. The minimum Gasteiger partial charge on any atom is -0.462 e. The van der Waals surface area contributed by atoms with Crippen molar-refractivity contribution in [1.82, 2.24) is 0 Å². The van der Waals surface area contributed by atoms with Crippen LogP contribution in [0.25, 0.3) is 0 Å². The highest BCUT2D eigenvalue weighted by Crippen LogP contribution is 2.36. The summed E-state index contributed by atoms with van der Waals surface area (Å²) in [7, 11) is -4.79. The normalized spacial score (nSPS) is 12.7. The third kappa shape index (κ3) is 45.0. The van der Waals surface area contributed by atoms with Crippen LogP contribution in [0, 0.1) is 0 Å². The highest BCUT2D eigenvalue weighted by Gasteiger charge is 2.22. The van der Waals surface area contributed by atoms with Gasteiger partial charge < -0.3 is 19.3 Å². The number of allylic oxidation sites excluding steroid dienone is 5. The lowest BCUT2D eigenvalue weighted by Gasteiger charge is -2.17. The number of hydrogen-bond donors (Lipinski definition) is 2. The Hall–Kier alpha value is -1.73. The number of rotatable bonds is 43. The topological polar surface area (TPSA) is 119 Å². The average Bonchev–Trinajstić information content (AvgIpc) is 3.17. The van der Waals surface area contributed by atoms with Crippen molar-refractivity contribution in [3.05, 3.63) is 36.5 Å². The first-order chi connectivity index (χ1) is 27.3. The molecule has 2 N–H and O–H groups in total. The number of esters is 2. The van der Waals surface area contributed by atoms with Gasteiger partial charge in [-0.3, -0.25) is 9.32 Å². The monoisotopic (exact) mass is 811 g/mol. The summed E-state index contributed by atoms with van der Waals surface area (Å²) in [6.45, 7) is 3.59. The highest BCUT2D eigenvalue weighted by atomic mass is 31.2. The molecule has 0 bridgehead atoms. The van der Waals surface area contributed by atoms with Crippen molar-refractivity contribution >= 4 is 19.8 Å². The van der Waals surface area contributed by atoms with Crippen LogP contribution in [0.5, 0.6) is 0 Å². The molecule has 0 aliphatic heterocycles. The first kappa shape index (κ1) is 54.3. The predicted octanol–water partition coefficient (Wildman–Crippen LogP) is 14.5. The van der Waals surface area contributed by atoms with E-state index in [-0.39, 0.29) is 13.0 Å². The zero-order valence-corrected chi connectivity index (χ0v) is 37.2. The Labute approximate surface area is 344 Å². The maximum absolute atomic E-state index is 12.3. The first-order valence-corrected chi connectivity index (χ1v) is 24.9. The molecule has 0 amide bonds. The smallest absolute Gasteiger partial charge is 0.462 e. The second kappa shape index (κ2) is 42.9. The van der Waals surface area contributed by atoms with E-state index in [4.69, 9.17) is 19.3 Å². The van der Waals surface area contributed by atoms with Crippen molar-refractivity contribution in [3.63, 3.8) is 0 Å². The number of hydrogen-bond acceptors (Lipinski definition) is 6. The number of carbonyl (C=O) groups excluding carboxylic acids is 2. The molecule has 0 unspecified atom stereocenters. The van der Waals surface area contributed by atoms with Gasteiger partial charge in [0.25, 0.3) is 0 Å². The van der Waals surface area contributed by atoms with E-state index in [1.54, 1.807) is 12.2 Å². The summed E-state index contributed by atoms with van der Waals surface area (Å²) in [6, 6.07) is 0. The summed E-state index contributed by atoms with van der Waals surface area (Å²) in [5.41, 5.74) is 0. The SMILES string of the molecule is CCCCCCCCCCCCC/C=C/C=C/C(=O)O[C@H](COC(=O)CCC/C=C/CCCCCCCCCCCCCCCCCCCC)COP(=O)(O)O. The van der Waals surface area contributed by atoms with Gasteiger partial charge in [-0.25, -0.2) is 9.36 Å². The molecule has 0 rings (SSSR count). The lowest BCUT2D eigenvalue weighted by Crippen LogP contribution is -2.29. The molecule has 0 aromatic rings. The molecule has 8 nitrogen and oxygen atoms in total. The molecule has 0 aromatic carbocycles. The maximum Gasteiger partial charge on any atom is 0.469 e. The Balaban J connectivity index is 3.91. The lowest BCUT2D eigenvalue weighted by molar-refractivity contribution is -0.157. The fourth-order valence-electron chi connectivity index (χ4n) is 6.76. The van der Waals surface area contributed by atoms with Crippen molar-refractivity contribution in [2.45, 2.75) is 238 Å². The summed E-state index contributed by atoms with van der Waals surface area (Å²) in [6.07, 6.45) is 52.4. The molecule has 0 radical (unpaired) electrons. The molecule has 0 saturated heterocycles. The van der Waals surface area contributed by atoms with Crippen LogP contribution in [0.3, 0.4) is 0 Å². The summed E-state index contributed by atoms with van der Waals surface area (Å²) in [5.74, 6) is -1.17. The van der Waals surface area contributed by atoms with Gasteiger partial charge in [-0.05, 0) is 38.5 Å². The van der Waals surface area contributed by atoms with E-state index in [1.165, 1.54) is 186 Å². The van der Waals surface area contributed by atoms with Crippen LogP contribution >= 0.6 is 7.82 Å². The molecule has 0 aromatic heterocycles. The van der Waals surface area contributed by atoms with Crippen molar-refractivity contribution in [2.75, 3.05) is 13.2 Å². The van der Waals surface area contributed by atoms with Crippen LogP contribution in [-0.4, -0.2) is 41.0 Å². The Morgan fingerprint density at radius 1 is 0.500 bits per heavy atom. The zero-order chi connectivity index (χ0) is 41.1. The van der Waals surface area contributed by atoms with Gasteiger partial charge in [-0.1, -0.05) is 218 Å². The van der Waals surface area contributed by atoms with E-state index in [1.807, 2.05) is 6.08 Å². The molecule has 0 aliphatic rings. The van der Waals surface area contributed by atoms with Crippen molar-refractivity contribution in [3.8, 4) is 0 Å². The van der Waals surface area contributed by atoms with Gasteiger partial charge >= 0.3 is 19.8 Å².